The largest absolute Gasteiger partial charge is 0.417 e. The van der Waals surface area contributed by atoms with E-state index in [-0.39, 0.29) is 11.5 Å². The van der Waals surface area contributed by atoms with Crippen LogP contribution in [0.3, 0.4) is 0 Å². The highest BCUT2D eigenvalue weighted by molar-refractivity contribution is 7.99. The minimum absolute atomic E-state index is 0.0621. The molecule has 116 valence electrons. The van der Waals surface area contributed by atoms with Gasteiger partial charge in [0.15, 0.2) is 5.78 Å². The maximum atomic E-state index is 12.4. The van der Waals surface area contributed by atoms with E-state index in [0.717, 1.165) is 35.2 Å². The van der Waals surface area contributed by atoms with Gasteiger partial charge in [0.05, 0.1) is 16.3 Å². The molecule has 0 aliphatic heterocycles. The van der Waals surface area contributed by atoms with Gasteiger partial charge < -0.3 is 0 Å². The van der Waals surface area contributed by atoms with E-state index >= 15 is 0 Å². The van der Waals surface area contributed by atoms with Gasteiger partial charge in [-0.25, -0.2) is 4.98 Å². The van der Waals surface area contributed by atoms with Crippen LogP contribution in [0.1, 0.15) is 27.0 Å². The van der Waals surface area contributed by atoms with Gasteiger partial charge in [0.1, 0.15) is 0 Å². The van der Waals surface area contributed by atoms with Crippen LogP contribution < -0.4 is 0 Å². The molecule has 0 N–H and O–H groups in total. The van der Waals surface area contributed by atoms with Crippen molar-refractivity contribution in [1.29, 1.82) is 0 Å². The summed E-state index contributed by atoms with van der Waals surface area (Å²) in [7, 11) is 0. The first-order valence-electron chi connectivity index (χ1n) is 6.54. The minimum atomic E-state index is -4.40. The molecule has 0 atom stereocenters. The maximum absolute atomic E-state index is 12.4. The first kappa shape index (κ1) is 16.5. The Morgan fingerprint density at radius 3 is 2.50 bits per heavy atom. The van der Waals surface area contributed by atoms with Crippen molar-refractivity contribution in [2.45, 2.75) is 25.0 Å². The van der Waals surface area contributed by atoms with Crippen LogP contribution >= 0.6 is 11.8 Å². The summed E-state index contributed by atoms with van der Waals surface area (Å²) in [5.74, 6) is 0.0794. The fourth-order valence-corrected chi connectivity index (χ4v) is 2.61. The number of benzene rings is 1. The number of hydrogen-bond donors (Lipinski definition) is 0. The summed E-state index contributed by atoms with van der Waals surface area (Å²) >= 11 is 1.13. The molecule has 2 aromatic rings. The summed E-state index contributed by atoms with van der Waals surface area (Å²) in [5, 5.41) is 0.395. The van der Waals surface area contributed by atoms with Gasteiger partial charge in [0.2, 0.25) is 0 Å². The van der Waals surface area contributed by atoms with Crippen molar-refractivity contribution in [2.24, 2.45) is 0 Å². The lowest BCUT2D eigenvalue weighted by Crippen LogP contribution is -2.07. The van der Waals surface area contributed by atoms with Crippen LogP contribution in [0.25, 0.3) is 0 Å². The normalized spacial score (nSPS) is 11.5. The highest BCUT2D eigenvalue weighted by atomic mass is 32.2. The van der Waals surface area contributed by atoms with E-state index in [9.17, 15) is 18.0 Å². The number of carbonyl (C=O) groups is 1. The maximum Gasteiger partial charge on any atom is 0.417 e. The Morgan fingerprint density at radius 2 is 1.91 bits per heavy atom. The molecule has 0 saturated heterocycles. The number of nitrogens with zero attached hydrogens (tertiary/aromatic N) is 1. The number of hydrogen-bond acceptors (Lipinski definition) is 3. The van der Waals surface area contributed by atoms with Gasteiger partial charge in [-0.1, -0.05) is 29.5 Å². The highest BCUT2D eigenvalue weighted by Crippen LogP contribution is 2.29. The van der Waals surface area contributed by atoms with Crippen LogP contribution in [0.15, 0.2) is 41.6 Å². The number of ketones is 1. The van der Waals surface area contributed by atoms with E-state index in [4.69, 9.17) is 0 Å². The van der Waals surface area contributed by atoms with E-state index < -0.39 is 11.7 Å². The van der Waals surface area contributed by atoms with E-state index in [2.05, 4.69) is 4.98 Å². The molecule has 0 radical (unpaired) electrons. The zero-order valence-electron chi connectivity index (χ0n) is 12.1. The summed E-state index contributed by atoms with van der Waals surface area (Å²) in [6.45, 7) is 3.76. The molecule has 22 heavy (non-hydrogen) atoms. The molecular weight excluding hydrogens is 311 g/mol. The van der Waals surface area contributed by atoms with Gasteiger partial charge in [-0.3, -0.25) is 4.79 Å². The van der Waals surface area contributed by atoms with Gasteiger partial charge in [-0.2, -0.15) is 13.2 Å². The number of alkyl halides is 3. The predicted molar refractivity (Wildman–Crippen MR) is 80.2 cm³/mol. The Morgan fingerprint density at radius 1 is 1.18 bits per heavy atom. The van der Waals surface area contributed by atoms with Gasteiger partial charge >= 0.3 is 6.18 Å². The summed E-state index contributed by atoms with van der Waals surface area (Å²) in [5.41, 5.74) is 1.72. The molecule has 0 fully saturated rings. The van der Waals surface area contributed by atoms with Crippen LogP contribution in [0, 0.1) is 13.8 Å². The molecule has 1 aromatic carbocycles. The van der Waals surface area contributed by atoms with Crippen LogP contribution in [0.4, 0.5) is 13.2 Å². The lowest BCUT2D eigenvalue weighted by atomic mass is 10.0. The molecule has 0 spiro atoms. The van der Waals surface area contributed by atoms with Crippen molar-refractivity contribution in [3.8, 4) is 0 Å². The number of halogens is 3. The zero-order chi connectivity index (χ0) is 16.3. The molecule has 0 amide bonds. The Labute approximate surface area is 130 Å². The molecule has 2 rings (SSSR count). The monoisotopic (exact) mass is 325 g/mol. The Hall–Kier alpha value is -1.82. The number of thioether (sulfide) groups is 1. The minimum Gasteiger partial charge on any atom is -0.293 e. The van der Waals surface area contributed by atoms with Crippen molar-refractivity contribution in [3.63, 3.8) is 0 Å². The Kier molecular flexibility index (Phi) is 4.90. The zero-order valence-corrected chi connectivity index (χ0v) is 12.9. The summed E-state index contributed by atoms with van der Waals surface area (Å²) in [6, 6.07) is 7.88. The number of Topliss-reactive ketones (excluding diaryl/α,β-unsaturated/α-hetero) is 1. The van der Waals surface area contributed by atoms with Gasteiger partial charge in [0.25, 0.3) is 0 Å². The molecule has 0 bridgehead atoms. The van der Waals surface area contributed by atoms with Gasteiger partial charge in [0, 0.05) is 11.8 Å². The van der Waals surface area contributed by atoms with E-state index in [0.29, 0.717) is 10.6 Å². The molecule has 1 heterocycles. The van der Waals surface area contributed by atoms with Crippen LogP contribution in [0.2, 0.25) is 0 Å². The molecule has 0 aliphatic rings. The number of carbonyl (C=O) groups excluding carboxylic acids is 1. The van der Waals surface area contributed by atoms with Crippen LogP contribution in [-0.4, -0.2) is 16.5 Å². The predicted octanol–water partition coefficient (Wildman–Crippen LogP) is 4.69. The van der Waals surface area contributed by atoms with E-state index in [1.165, 1.54) is 6.07 Å². The number of rotatable bonds is 4. The van der Waals surface area contributed by atoms with Crippen molar-refractivity contribution in [3.05, 3.63) is 58.8 Å². The first-order valence-corrected chi connectivity index (χ1v) is 7.52. The number of aryl methyl sites for hydroxylation is 2. The van der Waals surface area contributed by atoms with E-state index in [1.807, 2.05) is 32.0 Å². The molecule has 1 aromatic heterocycles. The molecule has 0 saturated carbocycles. The summed E-state index contributed by atoms with van der Waals surface area (Å²) in [4.78, 5) is 15.9. The second-order valence-corrected chi connectivity index (χ2v) is 5.91. The number of pyridine rings is 1. The third-order valence-electron chi connectivity index (χ3n) is 3.11. The number of aromatic nitrogens is 1. The lowest BCUT2D eigenvalue weighted by molar-refractivity contribution is -0.137. The molecule has 2 nitrogen and oxygen atoms in total. The third kappa shape index (κ3) is 4.10. The summed E-state index contributed by atoms with van der Waals surface area (Å²) < 4.78 is 37.3. The van der Waals surface area contributed by atoms with Gasteiger partial charge in [-0.15, -0.1) is 0 Å². The quantitative estimate of drug-likeness (QED) is 0.603. The second-order valence-electron chi connectivity index (χ2n) is 4.91. The third-order valence-corrected chi connectivity index (χ3v) is 4.05. The molecule has 0 aliphatic carbocycles. The molecule has 6 heteroatoms. The van der Waals surface area contributed by atoms with E-state index in [1.54, 1.807) is 0 Å². The average Bonchev–Trinajstić information content (AvgIpc) is 2.47. The Balaban J connectivity index is 2.04. The fourth-order valence-electron chi connectivity index (χ4n) is 1.89. The SMILES string of the molecule is Cc1ccc(C)c(C(=O)CSc2ccc(C(F)(F)F)cn2)c1. The second kappa shape index (κ2) is 6.52. The average molecular weight is 325 g/mol. The van der Waals surface area contributed by atoms with Crippen molar-refractivity contribution >= 4 is 17.5 Å². The first-order chi connectivity index (χ1) is 10.3. The van der Waals surface area contributed by atoms with Crippen LogP contribution in [0.5, 0.6) is 0 Å². The van der Waals surface area contributed by atoms with Crippen molar-refractivity contribution in [1.82, 2.24) is 4.98 Å². The smallest absolute Gasteiger partial charge is 0.293 e. The summed E-state index contributed by atoms with van der Waals surface area (Å²) in [6.07, 6.45) is -3.62. The molecule has 0 unspecified atom stereocenters. The standard InChI is InChI=1S/C16H14F3NOS/c1-10-3-4-11(2)13(7-10)14(21)9-22-15-6-5-12(8-20-15)16(17,18)19/h3-8H,9H2,1-2H3. The van der Waals surface area contributed by atoms with Crippen molar-refractivity contribution in [2.75, 3.05) is 5.75 Å². The molecular formula is C16H14F3NOS. The van der Waals surface area contributed by atoms with Crippen molar-refractivity contribution < 1.29 is 18.0 Å². The Bertz CT molecular complexity index is 681. The van der Waals surface area contributed by atoms with Gasteiger partial charge in [-0.05, 0) is 37.6 Å². The topological polar surface area (TPSA) is 30.0 Å². The highest BCUT2D eigenvalue weighted by Gasteiger charge is 2.30. The lowest BCUT2D eigenvalue weighted by Gasteiger charge is -2.08. The van der Waals surface area contributed by atoms with Crippen LogP contribution in [-0.2, 0) is 6.18 Å². The fraction of sp³-hybridized carbons (Fsp3) is 0.250.